The Hall–Kier alpha value is -2.34. The van der Waals surface area contributed by atoms with E-state index in [0.29, 0.717) is 47.7 Å². The summed E-state index contributed by atoms with van der Waals surface area (Å²) in [5.74, 6) is 0.0213. The second-order valence-corrected chi connectivity index (χ2v) is 7.34. The molecule has 1 fully saturated rings. The predicted octanol–water partition coefficient (Wildman–Crippen LogP) is 4.25. The number of hydrogen-bond acceptors (Lipinski definition) is 3. The van der Waals surface area contributed by atoms with E-state index in [2.05, 4.69) is 0 Å². The number of carbonyl (C=O) groups excluding carboxylic acids is 1. The zero-order chi connectivity index (χ0) is 19.5. The Balaban J connectivity index is 1.75. The molecule has 7 heteroatoms. The molecule has 1 aliphatic rings. The van der Waals surface area contributed by atoms with Crippen LogP contribution in [0.1, 0.15) is 5.56 Å². The largest absolute Gasteiger partial charge is 0.378 e. The van der Waals surface area contributed by atoms with E-state index in [4.69, 9.17) is 33.0 Å². The van der Waals surface area contributed by atoms with Gasteiger partial charge in [-0.15, -0.1) is 0 Å². The van der Waals surface area contributed by atoms with Crippen LogP contribution >= 0.6 is 23.2 Å². The quantitative estimate of drug-likeness (QED) is 0.639. The van der Waals surface area contributed by atoms with Gasteiger partial charge in [0.25, 0.3) is 0 Å². The Morgan fingerprint density at radius 1 is 1.00 bits per heavy atom. The molecule has 4 rings (SSSR count). The minimum atomic E-state index is 0.0213. The lowest BCUT2D eigenvalue weighted by Crippen LogP contribution is -2.41. The van der Waals surface area contributed by atoms with Gasteiger partial charge in [0.2, 0.25) is 5.91 Å². The van der Waals surface area contributed by atoms with E-state index < -0.39 is 0 Å². The maximum atomic E-state index is 12.9. The van der Waals surface area contributed by atoms with Crippen molar-refractivity contribution in [2.24, 2.45) is 0 Å². The fourth-order valence-corrected chi connectivity index (χ4v) is 3.66. The lowest BCUT2D eigenvalue weighted by atomic mass is 10.1. The second-order valence-electron chi connectivity index (χ2n) is 6.54. The Labute approximate surface area is 173 Å². The van der Waals surface area contributed by atoms with Crippen molar-refractivity contribution >= 4 is 29.1 Å². The van der Waals surface area contributed by atoms with Gasteiger partial charge in [-0.1, -0.05) is 53.5 Å². The summed E-state index contributed by atoms with van der Waals surface area (Å²) in [7, 11) is 0. The smallest absolute Gasteiger partial charge is 0.227 e. The molecule has 1 amide bonds. The number of carbonyl (C=O) groups is 1. The molecule has 0 radical (unpaired) electrons. The number of benzene rings is 2. The van der Waals surface area contributed by atoms with Gasteiger partial charge < -0.3 is 9.64 Å². The normalized spacial score (nSPS) is 14.3. The molecule has 0 unspecified atom stereocenters. The van der Waals surface area contributed by atoms with E-state index in [1.807, 2.05) is 47.4 Å². The maximum Gasteiger partial charge on any atom is 0.227 e. The zero-order valence-corrected chi connectivity index (χ0v) is 16.7. The maximum absolute atomic E-state index is 12.9. The molecular formula is C21H19Cl2N3O2. The highest BCUT2D eigenvalue weighted by atomic mass is 35.5. The summed E-state index contributed by atoms with van der Waals surface area (Å²) >= 11 is 12.7. The molecule has 1 aromatic heterocycles. The topological polar surface area (TPSA) is 47.4 Å². The van der Waals surface area contributed by atoms with E-state index in [9.17, 15) is 4.79 Å². The van der Waals surface area contributed by atoms with Crippen LogP contribution in [0.5, 0.6) is 0 Å². The SMILES string of the molecule is O=C(Cc1c(-c2ccc(Cl)cc2)nn(-c2ccccc2)c1Cl)N1CCOCC1. The van der Waals surface area contributed by atoms with Gasteiger partial charge >= 0.3 is 0 Å². The second kappa shape index (κ2) is 8.35. The van der Waals surface area contributed by atoms with Crippen molar-refractivity contribution in [2.45, 2.75) is 6.42 Å². The molecule has 1 aliphatic heterocycles. The van der Waals surface area contributed by atoms with Gasteiger partial charge in [-0.2, -0.15) is 5.10 Å². The number of hydrogen-bond donors (Lipinski definition) is 0. The summed E-state index contributed by atoms with van der Waals surface area (Å²) in [6.07, 6.45) is 0.184. The van der Waals surface area contributed by atoms with Crippen molar-refractivity contribution in [3.05, 3.63) is 70.3 Å². The van der Waals surface area contributed by atoms with E-state index in [1.165, 1.54) is 0 Å². The monoisotopic (exact) mass is 415 g/mol. The van der Waals surface area contributed by atoms with Crippen LogP contribution in [0.3, 0.4) is 0 Å². The molecule has 3 aromatic rings. The highest BCUT2D eigenvalue weighted by Crippen LogP contribution is 2.32. The molecule has 28 heavy (non-hydrogen) atoms. The van der Waals surface area contributed by atoms with E-state index >= 15 is 0 Å². The summed E-state index contributed by atoms with van der Waals surface area (Å²) in [6, 6.07) is 17.0. The predicted molar refractivity (Wildman–Crippen MR) is 110 cm³/mol. The van der Waals surface area contributed by atoms with Gasteiger partial charge in [0.15, 0.2) is 0 Å². The highest BCUT2D eigenvalue weighted by molar-refractivity contribution is 6.31. The van der Waals surface area contributed by atoms with Crippen LogP contribution in [0, 0.1) is 0 Å². The molecule has 0 aliphatic carbocycles. The minimum Gasteiger partial charge on any atom is -0.378 e. The summed E-state index contributed by atoms with van der Waals surface area (Å²) in [5, 5.41) is 5.81. The zero-order valence-electron chi connectivity index (χ0n) is 15.1. The van der Waals surface area contributed by atoms with Crippen LogP contribution in [0.4, 0.5) is 0 Å². The Kier molecular flexibility index (Phi) is 5.67. The van der Waals surface area contributed by atoms with Gasteiger partial charge in [-0.05, 0) is 24.3 Å². The molecular weight excluding hydrogens is 397 g/mol. The van der Waals surface area contributed by atoms with Gasteiger partial charge in [0, 0.05) is 29.2 Å². The number of amides is 1. The standard InChI is InChI=1S/C21H19Cl2N3O2/c22-16-8-6-15(7-9-16)20-18(14-19(27)25-10-12-28-13-11-25)21(23)26(24-20)17-4-2-1-3-5-17/h1-9H,10-14H2. The molecule has 0 spiro atoms. The lowest BCUT2D eigenvalue weighted by Gasteiger charge is -2.26. The third-order valence-corrected chi connectivity index (χ3v) is 5.37. The number of aromatic nitrogens is 2. The van der Waals surface area contributed by atoms with Crippen molar-refractivity contribution in [1.82, 2.24) is 14.7 Å². The van der Waals surface area contributed by atoms with Crippen molar-refractivity contribution in [3.63, 3.8) is 0 Å². The summed E-state index contributed by atoms with van der Waals surface area (Å²) in [6.45, 7) is 2.32. The molecule has 0 atom stereocenters. The van der Waals surface area contributed by atoms with Crippen molar-refractivity contribution < 1.29 is 9.53 Å². The number of halogens is 2. The summed E-state index contributed by atoms with van der Waals surface area (Å²) in [4.78, 5) is 14.7. The first-order chi connectivity index (χ1) is 13.6. The van der Waals surface area contributed by atoms with Crippen molar-refractivity contribution in [1.29, 1.82) is 0 Å². The fourth-order valence-electron chi connectivity index (χ4n) is 3.24. The minimum absolute atomic E-state index is 0.0213. The van der Waals surface area contributed by atoms with Gasteiger partial charge in [-0.3, -0.25) is 4.79 Å². The molecule has 0 bridgehead atoms. The molecule has 0 saturated carbocycles. The number of nitrogens with zero attached hydrogens (tertiary/aromatic N) is 3. The van der Waals surface area contributed by atoms with Gasteiger partial charge in [-0.25, -0.2) is 4.68 Å². The fraction of sp³-hybridized carbons (Fsp3) is 0.238. The Morgan fingerprint density at radius 3 is 2.36 bits per heavy atom. The van der Waals surface area contributed by atoms with E-state index in [-0.39, 0.29) is 12.3 Å². The molecule has 144 valence electrons. The van der Waals surface area contributed by atoms with E-state index in [0.717, 1.165) is 11.3 Å². The lowest BCUT2D eigenvalue weighted by molar-refractivity contribution is -0.134. The highest BCUT2D eigenvalue weighted by Gasteiger charge is 2.24. The number of ether oxygens (including phenoxy) is 1. The first-order valence-corrected chi connectivity index (χ1v) is 9.83. The average Bonchev–Trinajstić information content (AvgIpc) is 3.06. The van der Waals surface area contributed by atoms with Crippen LogP contribution in [0.15, 0.2) is 54.6 Å². The van der Waals surface area contributed by atoms with Crippen molar-refractivity contribution in [2.75, 3.05) is 26.3 Å². The third kappa shape index (κ3) is 3.92. The number of morpholine rings is 1. The summed E-state index contributed by atoms with van der Waals surface area (Å²) in [5.41, 5.74) is 3.11. The van der Waals surface area contributed by atoms with Crippen LogP contribution in [0.25, 0.3) is 16.9 Å². The molecule has 2 heterocycles. The van der Waals surface area contributed by atoms with Crippen LogP contribution < -0.4 is 0 Å². The Bertz CT molecular complexity index is 965. The van der Waals surface area contributed by atoms with Gasteiger partial charge in [0.05, 0.1) is 31.0 Å². The Morgan fingerprint density at radius 2 is 1.68 bits per heavy atom. The van der Waals surface area contributed by atoms with Crippen molar-refractivity contribution in [3.8, 4) is 16.9 Å². The number of rotatable bonds is 4. The molecule has 2 aromatic carbocycles. The van der Waals surface area contributed by atoms with Crippen LogP contribution in [-0.2, 0) is 16.0 Å². The third-order valence-electron chi connectivity index (χ3n) is 4.73. The van der Waals surface area contributed by atoms with Crippen LogP contribution in [0.2, 0.25) is 10.2 Å². The number of para-hydroxylation sites is 1. The average molecular weight is 416 g/mol. The molecule has 1 saturated heterocycles. The van der Waals surface area contributed by atoms with Gasteiger partial charge in [0.1, 0.15) is 5.15 Å². The summed E-state index contributed by atoms with van der Waals surface area (Å²) < 4.78 is 7.02. The molecule has 0 N–H and O–H groups in total. The molecule has 5 nitrogen and oxygen atoms in total. The van der Waals surface area contributed by atoms with Crippen LogP contribution in [-0.4, -0.2) is 46.9 Å². The first kappa shape index (κ1) is 19.0. The van der Waals surface area contributed by atoms with E-state index in [1.54, 1.807) is 16.8 Å². The first-order valence-electron chi connectivity index (χ1n) is 9.08.